The maximum Gasteiger partial charge on any atom is 0.257 e. The van der Waals surface area contributed by atoms with Crippen molar-refractivity contribution in [3.05, 3.63) is 82.3 Å². The van der Waals surface area contributed by atoms with E-state index in [1.54, 1.807) is 42.5 Å². The molecule has 30 heavy (non-hydrogen) atoms. The van der Waals surface area contributed by atoms with Crippen molar-refractivity contribution in [3.8, 4) is 11.5 Å². The van der Waals surface area contributed by atoms with E-state index in [2.05, 4.69) is 10.2 Å². The summed E-state index contributed by atoms with van der Waals surface area (Å²) in [6.45, 7) is 1.07. The number of likely N-dealkylation sites (N-methyl/N-ethyl adjacent to an activating group) is 1. The van der Waals surface area contributed by atoms with Crippen LogP contribution in [0.25, 0.3) is 0 Å². The van der Waals surface area contributed by atoms with Gasteiger partial charge in [0, 0.05) is 7.05 Å². The first kappa shape index (κ1) is 20.4. The highest BCUT2D eigenvalue weighted by atomic mass is 35.5. The van der Waals surface area contributed by atoms with Crippen LogP contribution in [-0.2, 0) is 0 Å². The lowest BCUT2D eigenvalue weighted by atomic mass is 10.2. The maximum absolute atomic E-state index is 12.5. The number of ether oxygens (including phenoxy) is 2. The average Bonchev–Trinajstić information content (AvgIpc) is 2.74. The minimum atomic E-state index is -0.339. The van der Waals surface area contributed by atoms with E-state index < -0.39 is 0 Å². The Bertz CT molecular complexity index is 1070. The van der Waals surface area contributed by atoms with Gasteiger partial charge >= 0.3 is 0 Å². The van der Waals surface area contributed by atoms with Gasteiger partial charge in [0.25, 0.3) is 5.91 Å². The lowest BCUT2D eigenvalue weighted by molar-refractivity contribution is 0.102. The van der Waals surface area contributed by atoms with E-state index in [4.69, 9.17) is 32.7 Å². The molecule has 0 fully saturated rings. The zero-order valence-corrected chi connectivity index (χ0v) is 17.8. The Labute approximate surface area is 185 Å². The normalized spacial score (nSPS) is 15.2. The third-order valence-corrected chi connectivity index (χ3v) is 5.43. The fourth-order valence-corrected chi connectivity index (χ4v) is 3.73. The topological polar surface area (TPSA) is 50.8 Å². The van der Waals surface area contributed by atoms with E-state index in [0.717, 1.165) is 11.4 Å². The first-order valence-electron chi connectivity index (χ1n) is 9.46. The van der Waals surface area contributed by atoms with E-state index in [-0.39, 0.29) is 12.0 Å². The standard InChI is InChI=1S/C23H20Cl2N2O3/c1-27-13-16(30-22-9-5-4-8-21(22)27)14-29-15-10-11-17(19(25)12-15)23(28)26-20-7-3-2-6-18(20)24/h2-12,16H,13-14H2,1H3,(H,26,28)/t16-/m0/s1. The van der Waals surface area contributed by atoms with Crippen molar-refractivity contribution >= 4 is 40.5 Å². The molecule has 0 radical (unpaired) electrons. The third kappa shape index (κ3) is 4.48. The molecule has 5 nitrogen and oxygen atoms in total. The number of benzene rings is 3. The number of fused-ring (bicyclic) bond motifs is 1. The van der Waals surface area contributed by atoms with E-state index >= 15 is 0 Å². The van der Waals surface area contributed by atoms with Gasteiger partial charge in [-0.1, -0.05) is 47.5 Å². The molecule has 0 aliphatic carbocycles. The Morgan fingerprint density at radius 2 is 1.87 bits per heavy atom. The van der Waals surface area contributed by atoms with Gasteiger partial charge in [-0.25, -0.2) is 0 Å². The maximum atomic E-state index is 12.5. The fourth-order valence-electron chi connectivity index (χ4n) is 3.29. The molecule has 0 saturated heterocycles. The highest BCUT2D eigenvalue weighted by Gasteiger charge is 2.23. The summed E-state index contributed by atoms with van der Waals surface area (Å²) < 4.78 is 11.9. The van der Waals surface area contributed by atoms with Crippen molar-refractivity contribution in [2.45, 2.75) is 6.10 Å². The van der Waals surface area contributed by atoms with Crippen molar-refractivity contribution in [1.82, 2.24) is 0 Å². The van der Waals surface area contributed by atoms with E-state index in [1.165, 1.54) is 0 Å². The molecule has 154 valence electrons. The number of amides is 1. The van der Waals surface area contributed by atoms with Crippen LogP contribution in [0.1, 0.15) is 10.4 Å². The number of carbonyl (C=O) groups excluding carboxylic acids is 1. The summed E-state index contributed by atoms with van der Waals surface area (Å²) in [6, 6.07) is 19.9. The lowest BCUT2D eigenvalue weighted by Crippen LogP contribution is -2.41. The number of nitrogens with zero attached hydrogens (tertiary/aromatic N) is 1. The Hall–Kier alpha value is -2.89. The molecule has 1 aliphatic heterocycles. The number of para-hydroxylation sites is 3. The molecule has 0 unspecified atom stereocenters. The van der Waals surface area contributed by atoms with Crippen molar-refractivity contribution < 1.29 is 14.3 Å². The zero-order chi connectivity index (χ0) is 21.1. The van der Waals surface area contributed by atoms with Crippen LogP contribution in [0.5, 0.6) is 11.5 Å². The predicted molar refractivity (Wildman–Crippen MR) is 120 cm³/mol. The molecule has 0 bridgehead atoms. The average molecular weight is 443 g/mol. The van der Waals surface area contributed by atoms with E-state index in [1.807, 2.05) is 31.3 Å². The summed E-state index contributed by atoms with van der Waals surface area (Å²) in [6.07, 6.45) is -0.119. The lowest BCUT2D eigenvalue weighted by Gasteiger charge is -2.33. The SMILES string of the molecule is CN1C[C@@H](COc2ccc(C(=O)Nc3ccccc3Cl)c(Cl)c2)Oc2ccccc21. The second kappa shape index (κ2) is 8.86. The summed E-state index contributed by atoms with van der Waals surface area (Å²) in [4.78, 5) is 14.7. The number of carbonyl (C=O) groups is 1. The van der Waals surface area contributed by atoms with E-state index in [9.17, 15) is 4.79 Å². The smallest absolute Gasteiger partial charge is 0.257 e. The minimum Gasteiger partial charge on any atom is -0.490 e. The van der Waals surface area contributed by atoms with Crippen molar-refractivity contribution in [3.63, 3.8) is 0 Å². The molecule has 3 aromatic carbocycles. The first-order valence-corrected chi connectivity index (χ1v) is 10.2. The molecule has 4 rings (SSSR count). The van der Waals surface area contributed by atoms with Crippen LogP contribution >= 0.6 is 23.2 Å². The van der Waals surface area contributed by atoms with Gasteiger partial charge in [0.1, 0.15) is 24.2 Å². The molecule has 0 aromatic heterocycles. The monoisotopic (exact) mass is 442 g/mol. The van der Waals surface area contributed by atoms with Crippen LogP contribution in [0.4, 0.5) is 11.4 Å². The van der Waals surface area contributed by atoms with Crippen LogP contribution in [0.15, 0.2) is 66.7 Å². The number of rotatable bonds is 5. The molecule has 7 heteroatoms. The summed E-state index contributed by atoms with van der Waals surface area (Å²) in [5.74, 6) is 1.07. The zero-order valence-electron chi connectivity index (χ0n) is 16.3. The van der Waals surface area contributed by atoms with Gasteiger partial charge in [0.15, 0.2) is 0 Å². The molecule has 0 saturated carbocycles. The molecule has 0 spiro atoms. The van der Waals surface area contributed by atoms with Crippen LogP contribution < -0.4 is 19.7 Å². The Kier molecular flexibility index (Phi) is 6.02. The predicted octanol–water partition coefficient (Wildman–Crippen LogP) is 5.52. The third-order valence-electron chi connectivity index (χ3n) is 4.79. The quantitative estimate of drug-likeness (QED) is 0.564. The Balaban J connectivity index is 1.39. The first-order chi connectivity index (χ1) is 14.5. The Morgan fingerprint density at radius 3 is 2.67 bits per heavy atom. The van der Waals surface area contributed by atoms with Crippen LogP contribution in [0, 0.1) is 0 Å². The van der Waals surface area contributed by atoms with Gasteiger partial charge in [0.2, 0.25) is 0 Å². The number of hydrogen-bond donors (Lipinski definition) is 1. The molecule has 3 aromatic rings. The minimum absolute atomic E-state index is 0.119. The van der Waals surface area contributed by atoms with Gasteiger partial charge < -0.3 is 19.7 Å². The molecular weight excluding hydrogens is 423 g/mol. The largest absolute Gasteiger partial charge is 0.490 e. The fraction of sp³-hybridized carbons (Fsp3) is 0.174. The summed E-state index contributed by atoms with van der Waals surface area (Å²) in [5.41, 5.74) is 1.93. The highest BCUT2D eigenvalue weighted by Crippen LogP contribution is 2.32. The van der Waals surface area contributed by atoms with Crippen molar-refractivity contribution in [2.24, 2.45) is 0 Å². The molecule has 1 N–H and O–H groups in total. The van der Waals surface area contributed by atoms with Crippen LogP contribution in [0.2, 0.25) is 10.0 Å². The summed E-state index contributed by atoms with van der Waals surface area (Å²) in [5, 5.41) is 3.52. The second-order valence-corrected chi connectivity index (χ2v) is 7.79. The van der Waals surface area contributed by atoms with Gasteiger partial charge in [-0.3, -0.25) is 4.79 Å². The van der Waals surface area contributed by atoms with Gasteiger partial charge in [-0.15, -0.1) is 0 Å². The number of nitrogens with one attached hydrogen (secondary N) is 1. The van der Waals surface area contributed by atoms with Crippen molar-refractivity contribution in [1.29, 1.82) is 0 Å². The van der Waals surface area contributed by atoms with Gasteiger partial charge in [0.05, 0.1) is 33.5 Å². The summed E-state index contributed by atoms with van der Waals surface area (Å²) >= 11 is 12.4. The van der Waals surface area contributed by atoms with Gasteiger partial charge in [-0.05, 0) is 42.5 Å². The second-order valence-electron chi connectivity index (χ2n) is 6.97. The Morgan fingerprint density at radius 1 is 1.10 bits per heavy atom. The van der Waals surface area contributed by atoms with Gasteiger partial charge in [-0.2, -0.15) is 0 Å². The summed E-state index contributed by atoms with van der Waals surface area (Å²) in [7, 11) is 2.03. The number of anilines is 2. The molecular formula is C23H20Cl2N2O3. The van der Waals surface area contributed by atoms with Crippen molar-refractivity contribution in [2.75, 3.05) is 30.4 Å². The van der Waals surface area contributed by atoms with Crippen LogP contribution in [-0.4, -0.2) is 32.2 Å². The number of halogens is 2. The molecule has 1 heterocycles. The van der Waals surface area contributed by atoms with Crippen LogP contribution in [0.3, 0.4) is 0 Å². The molecule has 1 aliphatic rings. The number of hydrogen-bond acceptors (Lipinski definition) is 4. The molecule has 1 amide bonds. The highest BCUT2D eigenvalue weighted by molar-refractivity contribution is 6.36. The molecule has 1 atom stereocenters. The van der Waals surface area contributed by atoms with E-state index in [0.29, 0.717) is 40.2 Å².